The number of benzene rings is 1. The molecule has 1 aliphatic rings. The lowest BCUT2D eigenvalue weighted by molar-refractivity contribution is 0.0981. The van der Waals surface area contributed by atoms with Crippen molar-refractivity contribution >= 4 is 17.5 Å². The van der Waals surface area contributed by atoms with Crippen molar-refractivity contribution in [1.82, 2.24) is 0 Å². The Morgan fingerprint density at radius 1 is 1.50 bits per heavy atom. The molecule has 5 heteroatoms. The van der Waals surface area contributed by atoms with Crippen molar-refractivity contribution in [3.63, 3.8) is 0 Å². The second-order valence-electron chi connectivity index (χ2n) is 3.34. The first kappa shape index (κ1) is 11.3. The summed E-state index contributed by atoms with van der Waals surface area (Å²) in [4.78, 5) is 12.7. The number of hydrogen-bond acceptors (Lipinski definition) is 5. The predicted octanol–water partition coefficient (Wildman–Crippen LogP) is 1.67. The van der Waals surface area contributed by atoms with Crippen LogP contribution in [0, 0.1) is 0 Å². The summed E-state index contributed by atoms with van der Waals surface area (Å²) in [5.41, 5.74) is 6.06. The first-order chi connectivity index (χ1) is 7.77. The highest BCUT2D eigenvalue weighted by Gasteiger charge is 2.22. The van der Waals surface area contributed by atoms with Crippen LogP contribution in [0.2, 0.25) is 0 Å². The molecule has 0 amide bonds. The Morgan fingerprint density at radius 3 is 3.00 bits per heavy atom. The van der Waals surface area contributed by atoms with Crippen LogP contribution in [0.1, 0.15) is 16.8 Å². The molecule has 2 N–H and O–H groups in total. The molecule has 16 heavy (non-hydrogen) atoms. The molecular formula is C11H13NO3S. The molecule has 1 aromatic carbocycles. The van der Waals surface area contributed by atoms with E-state index in [0.29, 0.717) is 30.0 Å². The fourth-order valence-electron chi connectivity index (χ4n) is 1.63. The molecule has 0 spiro atoms. The number of ketones is 1. The molecule has 0 bridgehead atoms. The summed E-state index contributed by atoms with van der Waals surface area (Å²) in [6, 6.07) is 3.54. The Balaban J connectivity index is 2.42. The van der Waals surface area contributed by atoms with Gasteiger partial charge in [-0.2, -0.15) is 0 Å². The van der Waals surface area contributed by atoms with E-state index in [2.05, 4.69) is 0 Å². The third-order valence-corrected chi connectivity index (χ3v) is 3.18. The monoisotopic (exact) mass is 239 g/mol. The van der Waals surface area contributed by atoms with Crippen molar-refractivity contribution in [2.24, 2.45) is 5.73 Å². The van der Waals surface area contributed by atoms with E-state index >= 15 is 0 Å². The Labute approximate surface area is 98.1 Å². The van der Waals surface area contributed by atoms with Crippen LogP contribution in [-0.4, -0.2) is 25.4 Å². The molecule has 0 saturated heterocycles. The molecule has 1 heterocycles. The van der Waals surface area contributed by atoms with Crippen molar-refractivity contribution in [2.45, 2.75) is 11.3 Å². The van der Waals surface area contributed by atoms with Crippen LogP contribution >= 0.6 is 11.8 Å². The van der Waals surface area contributed by atoms with E-state index in [0.717, 1.165) is 4.90 Å². The van der Waals surface area contributed by atoms with Crippen molar-refractivity contribution < 1.29 is 14.3 Å². The predicted molar refractivity (Wildman–Crippen MR) is 62.3 cm³/mol. The number of Topliss-reactive ketones (excluding diaryl/α,β-unsaturated/α-hetero) is 1. The molecule has 0 atom stereocenters. The Bertz CT molecular complexity index is 420. The van der Waals surface area contributed by atoms with Gasteiger partial charge in [-0.15, -0.1) is 11.8 Å². The van der Waals surface area contributed by atoms with E-state index in [-0.39, 0.29) is 12.6 Å². The molecule has 1 aromatic rings. The summed E-state index contributed by atoms with van der Waals surface area (Å²) < 4.78 is 10.6. The van der Waals surface area contributed by atoms with Gasteiger partial charge in [0.25, 0.3) is 0 Å². The van der Waals surface area contributed by atoms with Gasteiger partial charge in [-0.25, -0.2) is 0 Å². The molecule has 0 radical (unpaired) electrons. The molecule has 1 aliphatic heterocycles. The molecular weight excluding hydrogens is 226 g/mol. The summed E-state index contributed by atoms with van der Waals surface area (Å²) in [7, 11) is 0. The molecule has 0 aromatic heterocycles. The molecule has 0 saturated carbocycles. The zero-order valence-electron chi connectivity index (χ0n) is 8.99. The van der Waals surface area contributed by atoms with E-state index in [1.165, 1.54) is 11.8 Å². The maximum Gasteiger partial charge on any atom is 0.231 e. The maximum atomic E-state index is 11.8. The van der Waals surface area contributed by atoms with E-state index in [9.17, 15) is 4.79 Å². The van der Waals surface area contributed by atoms with E-state index < -0.39 is 0 Å². The highest BCUT2D eigenvalue weighted by Crippen LogP contribution is 2.42. The van der Waals surface area contributed by atoms with Gasteiger partial charge in [0.1, 0.15) is 0 Å². The second-order valence-corrected chi connectivity index (χ2v) is 4.16. The van der Waals surface area contributed by atoms with E-state index in [4.69, 9.17) is 15.2 Å². The number of carbonyl (C=O) groups excluding carboxylic acids is 1. The minimum absolute atomic E-state index is 0.0464. The van der Waals surface area contributed by atoms with Crippen LogP contribution < -0.4 is 15.2 Å². The quantitative estimate of drug-likeness (QED) is 0.639. The summed E-state index contributed by atoms with van der Waals surface area (Å²) in [6.07, 6.45) is 2.27. The fourth-order valence-corrected chi connectivity index (χ4v) is 2.38. The number of ether oxygens (including phenoxy) is 2. The number of rotatable bonds is 4. The topological polar surface area (TPSA) is 61.6 Å². The van der Waals surface area contributed by atoms with Crippen molar-refractivity contribution in [1.29, 1.82) is 0 Å². The van der Waals surface area contributed by atoms with Gasteiger partial charge in [-0.05, 0) is 24.9 Å². The molecule has 0 fully saturated rings. The number of thioether (sulfide) groups is 1. The third-order valence-electron chi connectivity index (χ3n) is 2.37. The highest BCUT2D eigenvalue weighted by atomic mass is 32.2. The smallest absolute Gasteiger partial charge is 0.231 e. The van der Waals surface area contributed by atoms with Crippen LogP contribution in [0.4, 0.5) is 0 Å². The standard InChI is InChI=1S/C11H13NO3S/c1-16-11-7(8(13)4-5-12)2-3-9-10(11)15-6-14-9/h2-3H,4-6,12H2,1H3. The molecule has 0 aliphatic carbocycles. The fraction of sp³-hybridized carbons (Fsp3) is 0.364. The van der Waals surface area contributed by atoms with Gasteiger partial charge in [0.2, 0.25) is 6.79 Å². The minimum Gasteiger partial charge on any atom is -0.454 e. The number of nitrogens with two attached hydrogens (primary N) is 1. The van der Waals surface area contributed by atoms with E-state index in [1.54, 1.807) is 12.1 Å². The van der Waals surface area contributed by atoms with Crippen LogP contribution in [0.15, 0.2) is 17.0 Å². The summed E-state index contributed by atoms with van der Waals surface area (Å²) in [5, 5.41) is 0. The summed E-state index contributed by atoms with van der Waals surface area (Å²) in [5.74, 6) is 1.43. The average molecular weight is 239 g/mol. The maximum absolute atomic E-state index is 11.8. The van der Waals surface area contributed by atoms with Gasteiger partial charge < -0.3 is 15.2 Å². The van der Waals surface area contributed by atoms with Gasteiger partial charge in [0, 0.05) is 12.0 Å². The summed E-state index contributed by atoms with van der Waals surface area (Å²) in [6.45, 7) is 0.582. The van der Waals surface area contributed by atoms with Crippen molar-refractivity contribution in [3.8, 4) is 11.5 Å². The Morgan fingerprint density at radius 2 is 2.31 bits per heavy atom. The normalized spacial score (nSPS) is 12.9. The van der Waals surface area contributed by atoms with Crippen LogP contribution in [0.25, 0.3) is 0 Å². The van der Waals surface area contributed by atoms with Gasteiger partial charge in [0.05, 0.1) is 4.90 Å². The zero-order chi connectivity index (χ0) is 11.5. The molecule has 4 nitrogen and oxygen atoms in total. The van der Waals surface area contributed by atoms with Crippen LogP contribution in [-0.2, 0) is 0 Å². The number of carbonyl (C=O) groups is 1. The van der Waals surface area contributed by atoms with Gasteiger partial charge >= 0.3 is 0 Å². The highest BCUT2D eigenvalue weighted by molar-refractivity contribution is 7.98. The van der Waals surface area contributed by atoms with E-state index in [1.807, 2.05) is 6.26 Å². The third kappa shape index (κ3) is 1.88. The minimum atomic E-state index is 0.0464. The summed E-state index contributed by atoms with van der Waals surface area (Å²) >= 11 is 1.49. The van der Waals surface area contributed by atoms with Gasteiger partial charge in [-0.3, -0.25) is 4.79 Å². The Hall–Kier alpha value is -1.20. The van der Waals surface area contributed by atoms with Crippen molar-refractivity contribution in [2.75, 3.05) is 19.6 Å². The van der Waals surface area contributed by atoms with Crippen LogP contribution in [0.5, 0.6) is 11.5 Å². The lowest BCUT2D eigenvalue weighted by Gasteiger charge is -2.08. The molecule has 0 unspecified atom stereocenters. The van der Waals surface area contributed by atoms with Gasteiger partial charge in [-0.1, -0.05) is 0 Å². The molecule has 86 valence electrons. The number of fused-ring (bicyclic) bond motifs is 1. The average Bonchev–Trinajstić information content (AvgIpc) is 2.75. The lowest BCUT2D eigenvalue weighted by atomic mass is 10.1. The SMILES string of the molecule is CSc1c(C(=O)CCN)ccc2c1OCO2. The first-order valence-electron chi connectivity index (χ1n) is 4.97. The van der Waals surface area contributed by atoms with Crippen LogP contribution in [0.3, 0.4) is 0 Å². The Kier molecular flexibility index (Phi) is 3.36. The lowest BCUT2D eigenvalue weighted by Crippen LogP contribution is -2.09. The number of hydrogen-bond donors (Lipinski definition) is 1. The van der Waals surface area contributed by atoms with Gasteiger partial charge in [0.15, 0.2) is 17.3 Å². The second kappa shape index (κ2) is 4.76. The van der Waals surface area contributed by atoms with Crippen molar-refractivity contribution in [3.05, 3.63) is 17.7 Å². The molecule has 2 rings (SSSR count). The zero-order valence-corrected chi connectivity index (χ0v) is 9.80. The largest absolute Gasteiger partial charge is 0.454 e. The first-order valence-corrected chi connectivity index (χ1v) is 6.20.